The van der Waals surface area contributed by atoms with Crippen LogP contribution in [0.1, 0.15) is 112 Å². The lowest BCUT2D eigenvalue weighted by atomic mass is 9.99. The highest BCUT2D eigenvalue weighted by molar-refractivity contribution is 7.98. The summed E-state index contributed by atoms with van der Waals surface area (Å²) in [5, 5.41) is 24.4. The number of H-pyrrole nitrogens is 3. The van der Waals surface area contributed by atoms with E-state index in [1.54, 1.807) is 79.3 Å². The minimum absolute atomic E-state index is 0.0567. The summed E-state index contributed by atoms with van der Waals surface area (Å²) in [7, 11) is 0. The molecule has 34 nitrogen and oxygen atoms in total. The molecule has 2 aliphatic heterocycles. The van der Waals surface area contributed by atoms with E-state index in [1.165, 1.54) is 21.6 Å². The molecule has 3 aromatic heterocycles. The lowest BCUT2D eigenvalue weighted by Crippen LogP contribution is -2.61. The van der Waals surface area contributed by atoms with E-state index >= 15 is 19.2 Å². The first kappa shape index (κ1) is 86.1. The molecular formula is C79H105N21O13S. The molecule has 35 heteroatoms. The number of amides is 13. The largest absolute Gasteiger partial charge is 0.370 e. The Hall–Kier alpha value is -11.8. The zero-order chi connectivity index (χ0) is 82.0. The Morgan fingerprint density at radius 1 is 0.447 bits per heavy atom. The van der Waals surface area contributed by atoms with Gasteiger partial charge in [0.25, 0.3) is 0 Å². The van der Waals surface area contributed by atoms with Gasteiger partial charge in [0, 0.05) is 109 Å². The van der Waals surface area contributed by atoms with E-state index in [9.17, 15) is 43.2 Å². The van der Waals surface area contributed by atoms with Crippen LogP contribution in [0.4, 0.5) is 0 Å². The van der Waals surface area contributed by atoms with Gasteiger partial charge in [-0.2, -0.15) is 11.8 Å². The molecule has 0 spiro atoms. The van der Waals surface area contributed by atoms with Crippen molar-refractivity contribution >= 4 is 127 Å². The molecule has 0 radical (unpaired) electrons. The van der Waals surface area contributed by atoms with Crippen molar-refractivity contribution in [1.29, 1.82) is 0 Å². The number of rotatable bonds is 44. The van der Waals surface area contributed by atoms with Gasteiger partial charge >= 0.3 is 0 Å². The number of thioether (sulfide) groups is 1. The number of carbonyl (C=O) groups excluding carboxylic acids is 13. The van der Waals surface area contributed by atoms with Crippen LogP contribution >= 0.6 is 11.8 Å². The maximum absolute atomic E-state index is 15.5. The molecule has 2 aliphatic rings. The number of likely N-dealkylation sites (tertiary alicyclic amines) is 2. The number of unbranched alkanes of at least 4 members (excludes halogenated alkanes) is 1. The number of hydrogen-bond donors (Lipinski definition) is 18. The Balaban J connectivity index is 0.971. The Labute approximate surface area is 663 Å². The zero-order valence-corrected chi connectivity index (χ0v) is 64.6. The van der Waals surface area contributed by atoms with Crippen LogP contribution in [0.25, 0.3) is 32.7 Å². The first-order valence-corrected chi connectivity index (χ1v) is 39.8. The van der Waals surface area contributed by atoms with Gasteiger partial charge in [-0.05, 0) is 136 Å². The molecule has 25 N–H and O–H groups in total. The van der Waals surface area contributed by atoms with Crippen molar-refractivity contribution in [2.24, 2.45) is 45.1 Å². The topological polar surface area (TPSA) is 566 Å². The number of nitrogens with zero attached hydrogens (tertiary/aromatic N) is 3. The molecule has 7 aromatic rings. The zero-order valence-electron chi connectivity index (χ0n) is 63.8. The second-order valence-corrected chi connectivity index (χ2v) is 29.8. The Kier molecular flexibility index (Phi) is 31.8. The third kappa shape index (κ3) is 24.1. The van der Waals surface area contributed by atoms with Gasteiger partial charge in [-0.1, -0.05) is 84.9 Å². The number of nitrogens with two attached hydrogens (primary N) is 7. The quantitative estimate of drug-likeness (QED) is 0.0131. The molecule has 11 atom stereocenters. The molecule has 0 bridgehead atoms. The van der Waals surface area contributed by atoms with E-state index in [2.05, 4.69) is 62.5 Å². The molecule has 2 saturated heterocycles. The first-order valence-electron chi connectivity index (χ1n) is 38.4. The molecule has 0 saturated carbocycles. The third-order valence-corrected chi connectivity index (χ3v) is 21.2. The number of fused-ring (bicyclic) bond motifs is 3. The molecular weight excluding hydrogens is 1480 g/mol. The van der Waals surface area contributed by atoms with Crippen LogP contribution in [-0.2, 0) is 88.0 Å². The van der Waals surface area contributed by atoms with Crippen molar-refractivity contribution < 1.29 is 62.3 Å². The van der Waals surface area contributed by atoms with E-state index in [1.807, 2.05) is 48.7 Å². The molecule has 5 heterocycles. The van der Waals surface area contributed by atoms with E-state index in [4.69, 9.17) is 40.1 Å². The summed E-state index contributed by atoms with van der Waals surface area (Å²) in [4.78, 5) is 202. The highest BCUT2D eigenvalue weighted by atomic mass is 32.2. The van der Waals surface area contributed by atoms with Crippen molar-refractivity contribution in [1.82, 2.24) is 67.3 Å². The van der Waals surface area contributed by atoms with E-state index in [0.29, 0.717) is 81.9 Å². The number of carbonyl (C=O) groups is 13. The summed E-state index contributed by atoms with van der Waals surface area (Å²) < 4.78 is 0. The van der Waals surface area contributed by atoms with Crippen LogP contribution in [-0.4, -0.2) is 212 Å². The molecule has 4 aromatic carbocycles. The van der Waals surface area contributed by atoms with Crippen LogP contribution in [0.15, 0.2) is 127 Å². The van der Waals surface area contributed by atoms with Crippen LogP contribution in [0.5, 0.6) is 0 Å². The number of guanidine groups is 1. The second-order valence-electron chi connectivity index (χ2n) is 28.8. The monoisotopic (exact) mass is 1590 g/mol. The molecule has 2 fully saturated rings. The number of aromatic nitrogens is 3. The van der Waals surface area contributed by atoms with Crippen molar-refractivity contribution in [3.8, 4) is 0 Å². The maximum Gasteiger partial charge on any atom is 0.245 e. The van der Waals surface area contributed by atoms with Crippen molar-refractivity contribution in [2.75, 3.05) is 38.2 Å². The molecule has 0 unspecified atom stereocenters. The Morgan fingerprint density at radius 3 is 1.27 bits per heavy atom. The maximum atomic E-state index is 15.5. The van der Waals surface area contributed by atoms with Gasteiger partial charge < -0.3 is 107 Å². The summed E-state index contributed by atoms with van der Waals surface area (Å²) in [5.74, 6) is -10.1. The van der Waals surface area contributed by atoms with Crippen LogP contribution in [0.2, 0.25) is 0 Å². The van der Waals surface area contributed by atoms with Crippen LogP contribution in [0, 0.1) is 0 Å². The van der Waals surface area contributed by atoms with Crippen molar-refractivity contribution in [3.05, 3.63) is 144 Å². The Morgan fingerprint density at radius 2 is 0.842 bits per heavy atom. The summed E-state index contributed by atoms with van der Waals surface area (Å²) in [6, 6.07) is 15.7. The standard InChI is InChI=1S/C79H105N21O13S/c1-114-37-32-56(68(84)103)91-72(107)61(39-46-42-88-53-22-8-5-18-49(46)53)98-74(109)63(41-48-44-90-55-24-10-7-20-51(48)55)97-71(106)60(38-45-16-3-2-4-17-45)95-73(108)62(40-47-43-89-54-23-9-6-19-50(47)54)96-70(105)57(28-30-66(82)101)92-69(104)58(29-31-67(83)102)93-75(110)65-27-15-36-100(65)78(113)59(25-11-12-33-80)94-76(111)64-26-14-35-99(64)77(112)52(81)21-13-34-87-79(85)86/h2-10,16-20,22-24,42-44,52,56-65,88-90H,11-15,21,25-41,80-81H2,1H3,(H2,82,101)(H2,83,102)(H2,84,103)(H,91,107)(H,92,104)(H,93,110)(H,94,111)(H,95,108)(H,96,105)(H,97,106)(H,98,109)(H4,85,86,87)/t52-,56-,57-,58-,59-,60-,61+,62+,63+,64-,65-/m0/s1. The van der Waals surface area contributed by atoms with Gasteiger partial charge in [-0.25, -0.2) is 0 Å². The van der Waals surface area contributed by atoms with Crippen LogP contribution < -0.4 is 82.7 Å². The summed E-state index contributed by atoms with van der Waals surface area (Å²) in [6.45, 7) is 0.817. The SMILES string of the molecule is CSCC[C@H](NC(=O)[C@@H](Cc1c[nH]c2ccccc12)NC(=O)[C@@H](Cc1c[nH]c2ccccc12)NC(=O)[C@H](Cc1ccccc1)NC(=O)[C@@H](Cc1c[nH]c2ccccc12)NC(=O)[C@H](CCC(N)=O)NC(=O)[C@H](CCC(N)=O)NC(=O)[C@@H]1CCCN1C(=O)[C@H](CCCCN)NC(=O)[C@@H]1CCCN1C(=O)[C@@H](N)CCCN=C(N)N)C(N)=O. The number of hydrogen-bond acceptors (Lipinski definition) is 17. The average molecular weight is 1590 g/mol. The smallest absolute Gasteiger partial charge is 0.245 e. The lowest BCUT2D eigenvalue weighted by molar-refractivity contribution is -0.144. The predicted octanol–water partition coefficient (Wildman–Crippen LogP) is -0.459. The number of aliphatic imine (C=N–C) groups is 1. The van der Waals surface area contributed by atoms with Crippen molar-refractivity contribution in [3.63, 3.8) is 0 Å². The van der Waals surface area contributed by atoms with Gasteiger partial charge in [0.1, 0.15) is 60.4 Å². The summed E-state index contributed by atoms with van der Waals surface area (Å²) in [6.07, 6.45) is 7.30. The minimum Gasteiger partial charge on any atom is -0.370 e. The lowest BCUT2D eigenvalue weighted by Gasteiger charge is -2.32. The van der Waals surface area contributed by atoms with Gasteiger partial charge in [-0.3, -0.25) is 67.3 Å². The van der Waals surface area contributed by atoms with E-state index in [0.717, 1.165) is 10.9 Å². The van der Waals surface area contributed by atoms with Crippen molar-refractivity contribution in [2.45, 2.75) is 182 Å². The molecule has 610 valence electrons. The molecule has 114 heavy (non-hydrogen) atoms. The second kappa shape index (κ2) is 42.1. The highest BCUT2D eigenvalue weighted by Gasteiger charge is 2.43. The fraction of sp³-hybridized carbons (Fsp3) is 0.443. The fourth-order valence-corrected chi connectivity index (χ4v) is 14.9. The predicted molar refractivity (Wildman–Crippen MR) is 431 cm³/mol. The van der Waals surface area contributed by atoms with E-state index in [-0.39, 0.29) is 89.9 Å². The minimum atomic E-state index is -1.71. The van der Waals surface area contributed by atoms with Gasteiger partial charge in [0.15, 0.2) is 5.96 Å². The van der Waals surface area contributed by atoms with Crippen LogP contribution in [0.3, 0.4) is 0 Å². The number of para-hydroxylation sites is 3. The number of nitrogens with one attached hydrogen (secondary N) is 11. The average Bonchev–Trinajstić information content (AvgIpc) is 1.67. The van der Waals surface area contributed by atoms with Gasteiger partial charge in [-0.15, -0.1) is 0 Å². The molecule has 9 rings (SSSR count). The van der Waals surface area contributed by atoms with E-state index < -0.39 is 169 Å². The number of benzene rings is 4. The van der Waals surface area contributed by atoms with Gasteiger partial charge in [0.2, 0.25) is 76.8 Å². The normalized spacial score (nSPS) is 16.4. The highest BCUT2D eigenvalue weighted by Crippen LogP contribution is 2.27. The molecule has 0 aliphatic carbocycles. The molecule has 13 amide bonds. The fourth-order valence-electron chi connectivity index (χ4n) is 14.5. The first-order chi connectivity index (χ1) is 54.8. The summed E-state index contributed by atoms with van der Waals surface area (Å²) in [5.41, 5.74) is 44.6. The third-order valence-electron chi connectivity index (χ3n) is 20.5. The Bertz CT molecular complexity index is 4580. The van der Waals surface area contributed by atoms with Gasteiger partial charge in [0.05, 0.1) is 6.04 Å². The number of aromatic amines is 3. The summed E-state index contributed by atoms with van der Waals surface area (Å²) >= 11 is 1.44. The number of primary amides is 3.